The van der Waals surface area contributed by atoms with Gasteiger partial charge >= 0.3 is 0 Å². The van der Waals surface area contributed by atoms with Crippen LogP contribution in [-0.4, -0.2) is 9.97 Å². The highest BCUT2D eigenvalue weighted by molar-refractivity contribution is 5.87. The third kappa shape index (κ3) is 1.60. The molecule has 3 heteroatoms. The first-order valence-corrected chi connectivity index (χ1v) is 5.36. The first-order chi connectivity index (χ1) is 8.25. The summed E-state index contributed by atoms with van der Waals surface area (Å²) in [5, 5.41) is 1.06. The number of halogens is 1. The number of H-pyrrole nitrogens is 1. The van der Waals surface area contributed by atoms with Crippen molar-refractivity contribution in [2.24, 2.45) is 0 Å². The predicted octanol–water partition coefficient (Wildman–Crippen LogP) is 3.48. The number of nitrogens with one attached hydrogen (secondary N) is 1. The fraction of sp³-hybridized carbons (Fsp3) is 0.0714. The highest BCUT2D eigenvalue weighted by Crippen LogP contribution is 2.26. The zero-order valence-electron chi connectivity index (χ0n) is 9.29. The Morgan fingerprint density at radius 3 is 3.00 bits per heavy atom. The van der Waals surface area contributed by atoms with Crippen molar-refractivity contribution in [2.45, 2.75) is 6.92 Å². The second kappa shape index (κ2) is 3.70. The van der Waals surface area contributed by atoms with Gasteiger partial charge in [-0.3, -0.25) is 0 Å². The van der Waals surface area contributed by atoms with Gasteiger partial charge in [0.25, 0.3) is 0 Å². The number of pyridine rings is 1. The molecule has 2 aromatic heterocycles. The van der Waals surface area contributed by atoms with Gasteiger partial charge in [0.1, 0.15) is 0 Å². The van der Waals surface area contributed by atoms with Crippen LogP contribution >= 0.6 is 0 Å². The van der Waals surface area contributed by atoms with Crippen LogP contribution in [0.5, 0.6) is 0 Å². The SMILES string of the molecule is Cc1[c][nH]c2ccc(-c3cccnc3F)cc12. The van der Waals surface area contributed by atoms with Gasteiger partial charge in [0.05, 0.1) is 6.20 Å². The predicted molar refractivity (Wildman–Crippen MR) is 65.1 cm³/mol. The number of hydrogen-bond donors (Lipinski definition) is 1. The van der Waals surface area contributed by atoms with Crippen LogP contribution in [0.1, 0.15) is 5.56 Å². The molecular weight excluding hydrogens is 215 g/mol. The highest BCUT2D eigenvalue weighted by atomic mass is 19.1. The van der Waals surface area contributed by atoms with Crippen LogP contribution in [0.3, 0.4) is 0 Å². The first-order valence-electron chi connectivity index (χ1n) is 5.36. The third-order valence-corrected chi connectivity index (χ3v) is 2.88. The summed E-state index contributed by atoms with van der Waals surface area (Å²) in [6.07, 6.45) is 4.49. The van der Waals surface area contributed by atoms with Crippen molar-refractivity contribution in [1.29, 1.82) is 0 Å². The molecular formula is C14H10FN2. The van der Waals surface area contributed by atoms with E-state index in [1.54, 1.807) is 12.1 Å². The summed E-state index contributed by atoms with van der Waals surface area (Å²) in [4.78, 5) is 6.71. The van der Waals surface area contributed by atoms with Crippen molar-refractivity contribution in [3.05, 3.63) is 54.2 Å². The number of fused-ring (bicyclic) bond motifs is 1. The Morgan fingerprint density at radius 1 is 1.29 bits per heavy atom. The maximum Gasteiger partial charge on any atom is 0.220 e. The zero-order chi connectivity index (χ0) is 11.8. The van der Waals surface area contributed by atoms with Gasteiger partial charge in [-0.1, -0.05) is 6.07 Å². The molecule has 0 aliphatic carbocycles. The average molecular weight is 225 g/mol. The molecule has 1 aromatic carbocycles. The van der Waals surface area contributed by atoms with E-state index in [4.69, 9.17) is 0 Å². The van der Waals surface area contributed by atoms with E-state index >= 15 is 0 Å². The van der Waals surface area contributed by atoms with Gasteiger partial charge in [-0.15, -0.1) is 0 Å². The third-order valence-electron chi connectivity index (χ3n) is 2.88. The minimum absolute atomic E-state index is 0.441. The van der Waals surface area contributed by atoms with Crippen molar-refractivity contribution in [3.63, 3.8) is 0 Å². The zero-order valence-corrected chi connectivity index (χ0v) is 9.29. The second-order valence-corrected chi connectivity index (χ2v) is 3.98. The van der Waals surface area contributed by atoms with Crippen LogP contribution in [0.2, 0.25) is 0 Å². The van der Waals surface area contributed by atoms with Crippen LogP contribution in [0.15, 0.2) is 36.5 Å². The number of hydrogen-bond acceptors (Lipinski definition) is 1. The molecule has 17 heavy (non-hydrogen) atoms. The number of rotatable bonds is 1. The van der Waals surface area contributed by atoms with E-state index in [2.05, 4.69) is 16.2 Å². The number of aromatic nitrogens is 2. The fourth-order valence-corrected chi connectivity index (χ4v) is 1.96. The summed E-state index contributed by atoms with van der Waals surface area (Å²) in [5.41, 5.74) is 3.40. The average Bonchev–Trinajstić information content (AvgIpc) is 2.71. The molecule has 1 N–H and O–H groups in total. The number of nitrogens with zero attached hydrogens (tertiary/aromatic N) is 1. The minimum Gasteiger partial charge on any atom is -0.353 e. The molecule has 2 nitrogen and oxygen atoms in total. The normalized spacial score (nSPS) is 10.9. The lowest BCUT2D eigenvalue weighted by molar-refractivity contribution is 0.587. The van der Waals surface area contributed by atoms with E-state index in [9.17, 15) is 4.39 Å². The maximum atomic E-state index is 13.6. The highest BCUT2D eigenvalue weighted by Gasteiger charge is 2.07. The van der Waals surface area contributed by atoms with Gasteiger partial charge in [-0.2, -0.15) is 4.39 Å². The van der Waals surface area contributed by atoms with Gasteiger partial charge in [0.15, 0.2) is 0 Å². The molecule has 0 spiro atoms. The molecule has 3 rings (SSSR count). The second-order valence-electron chi connectivity index (χ2n) is 3.98. The largest absolute Gasteiger partial charge is 0.353 e. The number of benzene rings is 1. The van der Waals surface area contributed by atoms with Crippen LogP contribution in [-0.2, 0) is 0 Å². The van der Waals surface area contributed by atoms with Crippen molar-refractivity contribution in [3.8, 4) is 11.1 Å². The molecule has 0 atom stereocenters. The van der Waals surface area contributed by atoms with E-state index in [1.807, 2.05) is 25.1 Å². The molecule has 0 fully saturated rings. The topological polar surface area (TPSA) is 28.7 Å². The van der Waals surface area contributed by atoms with Crippen LogP contribution in [0.25, 0.3) is 22.0 Å². The summed E-state index contributed by atoms with van der Waals surface area (Å²) in [6, 6.07) is 9.23. The van der Waals surface area contributed by atoms with E-state index in [0.29, 0.717) is 5.56 Å². The van der Waals surface area contributed by atoms with Gasteiger partial charge in [0.2, 0.25) is 5.95 Å². The fourth-order valence-electron chi connectivity index (χ4n) is 1.96. The molecule has 0 bridgehead atoms. The Labute approximate surface area is 98.1 Å². The molecule has 0 amide bonds. The summed E-state index contributed by atoms with van der Waals surface area (Å²) in [6.45, 7) is 1.97. The van der Waals surface area contributed by atoms with Crippen LogP contribution < -0.4 is 0 Å². The quantitative estimate of drug-likeness (QED) is 0.631. The van der Waals surface area contributed by atoms with Crippen molar-refractivity contribution in [2.75, 3.05) is 0 Å². The van der Waals surface area contributed by atoms with E-state index in [-0.39, 0.29) is 0 Å². The van der Waals surface area contributed by atoms with Crippen molar-refractivity contribution in [1.82, 2.24) is 9.97 Å². The van der Waals surface area contributed by atoms with Crippen LogP contribution in [0, 0.1) is 19.1 Å². The lowest BCUT2D eigenvalue weighted by Gasteiger charge is -2.03. The van der Waals surface area contributed by atoms with E-state index in [0.717, 1.165) is 22.0 Å². The molecule has 3 aromatic rings. The number of aryl methyl sites for hydroxylation is 1. The molecule has 83 valence electrons. The van der Waals surface area contributed by atoms with Crippen molar-refractivity contribution < 1.29 is 4.39 Å². The summed E-state index contributed by atoms with van der Waals surface area (Å²) < 4.78 is 13.6. The molecule has 2 heterocycles. The molecule has 0 saturated carbocycles. The monoisotopic (exact) mass is 225 g/mol. The standard InChI is InChI=1S/C14H10FN2/c1-9-8-17-13-5-4-10(7-12(9)13)11-3-2-6-16-14(11)15/h2-7,17H,1H3. The Hall–Kier alpha value is -2.16. The maximum absolute atomic E-state index is 13.6. The minimum atomic E-state index is -0.441. The van der Waals surface area contributed by atoms with E-state index < -0.39 is 5.95 Å². The lowest BCUT2D eigenvalue weighted by Crippen LogP contribution is -1.87. The Bertz CT molecular complexity index is 686. The van der Waals surface area contributed by atoms with Gasteiger partial charge in [-0.05, 0) is 42.3 Å². The molecule has 1 radical (unpaired) electrons. The Morgan fingerprint density at radius 2 is 2.18 bits per heavy atom. The molecule has 0 unspecified atom stereocenters. The summed E-state index contributed by atoms with van der Waals surface area (Å²) in [5.74, 6) is -0.441. The Kier molecular flexibility index (Phi) is 2.18. The first kappa shape index (κ1) is 10.0. The number of aromatic amines is 1. The van der Waals surface area contributed by atoms with Gasteiger partial charge in [0, 0.05) is 22.7 Å². The van der Waals surface area contributed by atoms with Crippen LogP contribution in [0.4, 0.5) is 4.39 Å². The lowest BCUT2D eigenvalue weighted by atomic mass is 10.0. The molecule has 0 saturated heterocycles. The smallest absolute Gasteiger partial charge is 0.220 e. The summed E-state index contributed by atoms with van der Waals surface area (Å²) >= 11 is 0. The molecule has 0 aliphatic rings. The summed E-state index contributed by atoms with van der Waals surface area (Å²) in [7, 11) is 0. The van der Waals surface area contributed by atoms with Gasteiger partial charge < -0.3 is 4.98 Å². The van der Waals surface area contributed by atoms with Gasteiger partial charge in [-0.25, -0.2) is 4.98 Å². The molecule has 0 aliphatic heterocycles. The Balaban J connectivity index is 2.24. The van der Waals surface area contributed by atoms with E-state index in [1.165, 1.54) is 6.20 Å². The van der Waals surface area contributed by atoms with Crippen molar-refractivity contribution >= 4 is 10.9 Å².